The Kier molecular flexibility index (Phi) is 5.07. The van der Waals surface area contributed by atoms with Crippen LogP contribution >= 0.6 is 11.3 Å². The summed E-state index contributed by atoms with van der Waals surface area (Å²) >= 11 is 1.55. The van der Waals surface area contributed by atoms with Crippen LogP contribution in [-0.2, 0) is 10.4 Å². The van der Waals surface area contributed by atoms with E-state index in [2.05, 4.69) is 24.1 Å². The quantitative estimate of drug-likeness (QED) is 0.877. The van der Waals surface area contributed by atoms with Crippen LogP contribution in [0.2, 0.25) is 0 Å². The fourth-order valence-corrected chi connectivity index (χ4v) is 3.98. The Bertz CT molecular complexity index is 463. The van der Waals surface area contributed by atoms with Gasteiger partial charge >= 0.3 is 0 Å². The lowest BCUT2D eigenvalue weighted by atomic mass is 9.99. The van der Waals surface area contributed by atoms with E-state index in [9.17, 15) is 9.90 Å². The molecule has 4 unspecified atom stereocenters. The molecular weight excluding hydrogens is 284 g/mol. The highest BCUT2D eigenvalue weighted by Gasteiger charge is 2.35. The van der Waals surface area contributed by atoms with Gasteiger partial charge in [0, 0.05) is 12.1 Å². The molecule has 0 spiro atoms. The zero-order chi connectivity index (χ0) is 15.6. The summed E-state index contributed by atoms with van der Waals surface area (Å²) in [6, 6.07) is 2.62. The summed E-state index contributed by atoms with van der Waals surface area (Å²) in [6.07, 6.45) is 2.29. The molecule has 1 aliphatic rings. The van der Waals surface area contributed by atoms with Gasteiger partial charge in [0.1, 0.15) is 5.60 Å². The molecular formula is C16H26N2O2S. The lowest BCUT2D eigenvalue weighted by Crippen LogP contribution is -2.51. The number of hydrogen-bond acceptors (Lipinski definition) is 4. The molecule has 0 aliphatic carbocycles. The first-order chi connectivity index (χ1) is 9.83. The summed E-state index contributed by atoms with van der Waals surface area (Å²) in [6.45, 7) is 8.28. The summed E-state index contributed by atoms with van der Waals surface area (Å²) in [4.78, 5) is 14.6. The van der Waals surface area contributed by atoms with E-state index in [1.807, 2.05) is 23.8 Å². The fraction of sp³-hybridized carbons (Fsp3) is 0.688. The minimum atomic E-state index is -1.02. The zero-order valence-corrected chi connectivity index (χ0v) is 14.1. The number of nitrogens with one attached hydrogen (secondary N) is 1. The average molecular weight is 310 g/mol. The van der Waals surface area contributed by atoms with Gasteiger partial charge in [0.25, 0.3) is 0 Å². The molecule has 4 nitrogen and oxygen atoms in total. The highest BCUT2D eigenvalue weighted by molar-refractivity contribution is 7.08. The number of carbonyl (C=O) groups excluding carboxylic acids is 1. The molecule has 1 saturated heterocycles. The Hall–Kier alpha value is -0.910. The van der Waals surface area contributed by atoms with Gasteiger partial charge in [0.15, 0.2) is 0 Å². The second kappa shape index (κ2) is 6.46. The molecule has 118 valence electrons. The van der Waals surface area contributed by atoms with Crippen molar-refractivity contribution in [3.05, 3.63) is 22.4 Å². The highest BCUT2D eigenvalue weighted by atomic mass is 32.1. The minimum Gasteiger partial charge on any atom is -0.384 e. The third kappa shape index (κ3) is 3.65. The first kappa shape index (κ1) is 16.5. The molecule has 1 fully saturated rings. The van der Waals surface area contributed by atoms with Gasteiger partial charge in [-0.15, -0.1) is 0 Å². The number of hydrogen-bond donors (Lipinski definition) is 2. The maximum atomic E-state index is 12.4. The fourth-order valence-electron chi connectivity index (χ4n) is 3.19. The van der Waals surface area contributed by atoms with Gasteiger partial charge in [-0.05, 0) is 62.9 Å². The van der Waals surface area contributed by atoms with E-state index in [4.69, 9.17) is 0 Å². The number of likely N-dealkylation sites (tertiary alicyclic amines) is 1. The summed E-state index contributed by atoms with van der Waals surface area (Å²) in [5.74, 6) is -0.00824. The smallest absolute Gasteiger partial charge is 0.237 e. The lowest BCUT2D eigenvalue weighted by molar-refractivity contribution is -0.128. The van der Waals surface area contributed by atoms with Gasteiger partial charge < -0.3 is 10.4 Å². The number of aliphatic hydroxyl groups is 1. The predicted molar refractivity (Wildman–Crippen MR) is 86.4 cm³/mol. The van der Waals surface area contributed by atoms with Crippen LogP contribution in [0.1, 0.15) is 46.1 Å². The molecule has 21 heavy (non-hydrogen) atoms. The Morgan fingerprint density at radius 2 is 2.14 bits per heavy atom. The third-order valence-corrected chi connectivity index (χ3v) is 5.28. The molecule has 1 aromatic heterocycles. The summed E-state index contributed by atoms with van der Waals surface area (Å²) in [5, 5.41) is 17.2. The average Bonchev–Trinajstić information content (AvgIpc) is 3.06. The van der Waals surface area contributed by atoms with Crippen LogP contribution in [0.15, 0.2) is 16.8 Å². The summed E-state index contributed by atoms with van der Waals surface area (Å²) in [7, 11) is 0. The number of rotatable bonds is 5. The molecule has 2 N–H and O–H groups in total. The number of nitrogens with zero attached hydrogens (tertiary/aromatic N) is 1. The van der Waals surface area contributed by atoms with E-state index in [0.717, 1.165) is 18.4 Å². The van der Waals surface area contributed by atoms with Crippen LogP contribution in [0.4, 0.5) is 0 Å². The molecule has 1 aromatic rings. The molecule has 1 aliphatic heterocycles. The molecule has 4 atom stereocenters. The van der Waals surface area contributed by atoms with Crippen molar-refractivity contribution in [2.45, 2.75) is 64.3 Å². The summed E-state index contributed by atoms with van der Waals surface area (Å²) < 4.78 is 0. The topological polar surface area (TPSA) is 52.6 Å². The van der Waals surface area contributed by atoms with Crippen molar-refractivity contribution in [2.24, 2.45) is 0 Å². The van der Waals surface area contributed by atoms with E-state index in [1.54, 1.807) is 18.3 Å². The van der Waals surface area contributed by atoms with Crippen molar-refractivity contribution in [3.63, 3.8) is 0 Å². The summed E-state index contributed by atoms with van der Waals surface area (Å²) in [5.41, 5.74) is -0.166. The molecule has 5 heteroatoms. The Labute approximate surface area is 131 Å². The number of amides is 1. The van der Waals surface area contributed by atoms with Gasteiger partial charge in [-0.25, -0.2) is 0 Å². The predicted octanol–water partition coefficient (Wildman–Crippen LogP) is 2.33. The van der Waals surface area contributed by atoms with Crippen molar-refractivity contribution >= 4 is 17.2 Å². The van der Waals surface area contributed by atoms with E-state index in [1.165, 1.54) is 0 Å². The lowest BCUT2D eigenvalue weighted by Gasteiger charge is -2.32. The molecule has 2 heterocycles. The van der Waals surface area contributed by atoms with Crippen molar-refractivity contribution in [2.75, 3.05) is 6.54 Å². The highest BCUT2D eigenvalue weighted by Crippen LogP contribution is 2.26. The van der Waals surface area contributed by atoms with Crippen molar-refractivity contribution in [3.8, 4) is 0 Å². The molecule has 2 rings (SSSR count). The molecule has 0 radical (unpaired) electrons. The Morgan fingerprint density at radius 3 is 2.67 bits per heavy atom. The zero-order valence-electron chi connectivity index (χ0n) is 13.3. The van der Waals surface area contributed by atoms with Gasteiger partial charge in [0.05, 0.1) is 12.6 Å². The second-order valence-electron chi connectivity index (χ2n) is 6.40. The van der Waals surface area contributed by atoms with Gasteiger partial charge in [-0.1, -0.05) is 0 Å². The molecule has 1 amide bonds. The second-order valence-corrected chi connectivity index (χ2v) is 7.18. The van der Waals surface area contributed by atoms with Crippen LogP contribution < -0.4 is 5.32 Å². The van der Waals surface area contributed by atoms with Gasteiger partial charge in [-0.2, -0.15) is 11.3 Å². The normalized spacial score (nSPS) is 27.3. The minimum absolute atomic E-state index is 0.00824. The SMILES string of the molecule is CC1CCC(C)N1C(C)C(=O)NCC(C)(O)c1ccsc1. The van der Waals surface area contributed by atoms with E-state index in [0.29, 0.717) is 12.1 Å². The largest absolute Gasteiger partial charge is 0.384 e. The maximum absolute atomic E-state index is 12.4. The Morgan fingerprint density at radius 1 is 1.52 bits per heavy atom. The molecule has 0 saturated carbocycles. The van der Waals surface area contributed by atoms with E-state index < -0.39 is 5.60 Å². The first-order valence-electron chi connectivity index (χ1n) is 7.63. The van der Waals surface area contributed by atoms with Gasteiger partial charge in [0.2, 0.25) is 5.91 Å². The maximum Gasteiger partial charge on any atom is 0.237 e. The number of thiophene rings is 1. The van der Waals surface area contributed by atoms with Crippen LogP contribution in [0, 0.1) is 0 Å². The third-order valence-electron chi connectivity index (χ3n) is 4.60. The van der Waals surface area contributed by atoms with Crippen LogP contribution in [0.25, 0.3) is 0 Å². The van der Waals surface area contributed by atoms with E-state index in [-0.39, 0.29) is 18.5 Å². The van der Waals surface area contributed by atoms with Crippen molar-refractivity contribution in [1.29, 1.82) is 0 Å². The standard InChI is InChI=1S/C16H26N2O2S/c1-11-5-6-12(2)18(11)13(3)15(19)17-10-16(4,20)14-7-8-21-9-14/h7-9,11-13,20H,5-6,10H2,1-4H3,(H,17,19). The Balaban J connectivity index is 1.92. The van der Waals surface area contributed by atoms with Gasteiger partial charge in [-0.3, -0.25) is 9.69 Å². The first-order valence-corrected chi connectivity index (χ1v) is 8.57. The number of carbonyl (C=O) groups is 1. The van der Waals surface area contributed by atoms with E-state index >= 15 is 0 Å². The van der Waals surface area contributed by atoms with Crippen LogP contribution in [0.5, 0.6) is 0 Å². The van der Waals surface area contributed by atoms with Crippen LogP contribution in [0.3, 0.4) is 0 Å². The molecule has 0 bridgehead atoms. The van der Waals surface area contributed by atoms with Crippen LogP contribution in [-0.4, -0.2) is 40.6 Å². The molecule has 0 aromatic carbocycles. The monoisotopic (exact) mass is 310 g/mol. The van der Waals surface area contributed by atoms with Crippen molar-refractivity contribution < 1.29 is 9.90 Å². The van der Waals surface area contributed by atoms with Crippen molar-refractivity contribution in [1.82, 2.24) is 10.2 Å².